The van der Waals surface area contributed by atoms with Crippen LogP contribution in [-0.4, -0.2) is 30.4 Å². The normalized spacial score (nSPS) is 11.7. The van der Waals surface area contributed by atoms with Gasteiger partial charge >= 0.3 is 5.97 Å². The summed E-state index contributed by atoms with van der Waals surface area (Å²) in [6.45, 7) is 1.58. The summed E-state index contributed by atoms with van der Waals surface area (Å²) in [5.41, 5.74) is 1.23. The van der Waals surface area contributed by atoms with Crippen LogP contribution in [0.3, 0.4) is 0 Å². The van der Waals surface area contributed by atoms with Gasteiger partial charge in [0.15, 0.2) is 6.61 Å². The monoisotopic (exact) mass is 409 g/mol. The van der Waals surface area contributed by atoms with Gasteiger partial charge in [-0.3, -0.25) is 4.79 Å². The molecule has 126 valence electrons. The predicted molar refractivity (Wildman–Crippen MR) is 97.1 cm³/mol. The van der Waals surface area contributed by atoms with Crippen LogP contribution in [0, 0.1) is 0 Å². The molecule has 0 aliphatic rings. The molecule has 0 N–H and O–H groups in total. The number of hydrogen-bond donors (Lipinski definition) is 0. The van der Waals surface area contributed by atoms with Gasteiger partial charge in [0.2, 0.25) is 0 Å². The Hall–Kier alpha value is -1.85. The van der Waals surface area contributed by atoms with E-state index < -0.39 is 5.97 Å². The van der Waals surface area contributed by atoms with E-state index >= 15 is 0 Å². The van der Waals surface area contributed by atoms with Crippen molar-refractivity contribution in [1.29, 1.82) is 0 Å². The molecule has 1 unspecified atom stereocenters. The van der Waals surface area contributed by atoms with Gasteiger partial charge in [-0.15, -0.1) is 0 Å². The van der Waals surface area contributed by atoms with E-state index in [1.54, 1.807) is 30.1 Å². The second-order valence-electron chi connectivity index (χ2n) is 5.29. The molecular weight excluding hydrogens is 394 g/mol. The molecule has 1 amide bonds. The number of carbonyl (C=O) groups is 2. The Balaban J connectivity index is 1.97. The summed E-state index contributed by atoms with van der Waals surface area (Å²) in [6.07, 6.45) is 0. The van der Waals surface area contributed by atoms with Crippen LogP contribution in [0.5, 0.6) is 0 Å². The van der Waals surface area contributed by atoms with E-state index in [9.17, 15) is 9.59 Å². The number of rotatable bonds is 5. The van der Waals surface area contributed by atoms with Gasteiger partial charge in [0.05, 0.1) is 16.6 Å². The lowest BCUT2D eigenvalue weighted by Crippen LogP contribution is -2.33. The summed E-state index contributed by atoms with van der Waals surface area (Å²) < 4.78 is 5.81. The molecule has 4 nitrogen and oxygen atoms in total. The molecule has 6 heteroatoms. The van der Waals surface area contributed by atoms with Crippen molar-refractivity contribution in [3.05, 3.63) is 69.2 Å². The van der Waals surface area contributed by atoms with Gasteiger partial charge in [-0.1, -0.05) is 57.9 Å². The first-order valence-electron chi connectivity index (χ1n) is 7.33. The Kier molecular flexibility index (Phi) is 6.40. The molecule has 24 heavy (non-hydrogen) atoms. The summed E-state index contributed by atoms with van der Waals surface area (Å²) in [4.78, 5) is 25.9. The van der Waals surface area contributed by atoms with E-state index in [1.807, 2.05) is 37.3 Å². The van der Waals surface area contributed by atoms with Gasteiger partial charge in [-0.25, -0.2) is 4.79 Å². The van der Waals surface area contributed by atoms with Gasteiger partial charge < -0.3 is 9.64 Å². The van der Waals surface area contributed by atoms with Gasteiger partial charge in [0, 0.05) is 11.5 Å². The lowest BCUT2D eigenvalue weighted by atomic mass is 10.1. The van der Waals surface area contributed by atoms with Crippen LogP contribution >= 0.6 is 27.5 Å². The van der Waals surface area contributed by atoms with E-state index in [-0.39, 0.29) is 29.1 Å². The van der Waals surface area contributed by atoms with Crippen LogP contribution in [0.1, 0.15) is 28.9 Å². The molecule has 2 rings (SSSR count). The second-order valence-corrected chi connectivity index (χ2v) is 6.61. The average molecular weight is 411 g/mol. The predicted octanol–water partition coefficient (Wildman–Crippen LogP) is 4.48. The maximum atomic E-state index is 12.3. The first-order chi connectivity index (χ1) is 11.4. The molecular formula is C18H17BrClNO3. The zero-order valence-corrected chi connectivity index (χ0v) is 15.7. The molecule has 0 bridgehead atoms. The molecule has 0 spiro atoms. The fraction of sp³-hybridized carbons (Fsp3) is 0.222. The zero-order chi connectivity index (χ0) is 17.7. The zero-order valence-electron chi connectivity index (χ0n) is 13.3. The molecule has 1 atom stereocenters. The van der Waals surface area contributed by atoms with Crippen molar-refractivity contribution >= 4 is 39.4 Å². The number of hydrogen-bond acceptors (Lipinski definition) is 3. The van der Waals surface area contributed by atoms with Crippen LogP contribution < -0.4 is 0 Å². The summed E-state index contributed by atoms with van der Waals surface area (Å²) in [5, 5.41) is 0.279. The molecule has 0 aromatic heterocycles. The maximum Gasteiger partial charge on any atom is 0.340 e. The highest BCUT2D eigenvalue weighted by Crippen LogP contribution is 2.22. The number of benzene rings is 2. The molecule has 0 saturated heterocycles. The molecule has 2 aromatic carbocycles. The highest BCUT2D eigenvalue weighted by atomic mass is 79.9. The molecule has 0 saturated carbocycles. The Bertz CT molecular complexity index is 736. The third kappa shape index (κ3) is 4.58. The van der Waals surface area contributed by atoms with E-state index in [1.165, 1.54) is 0 Å². The minimum Gasteiger partial charge on any atom is -0.452 e. The van der Waals surface area contributed by atoms with Crippen molar-refractivity contribution in [3.8, 4) is 0 Å². The standard InChI is InChI=1S/C18H17BrClNO3/c1-12(13-6-4-3-5-7-13)21(2)17(22)11-24-18(23)15-10-14(19)8-9-16(15)20/h3-10,12H,11H2,1-2H3. The number of halogens is 2. The third-order valence-electron chi connectivity index (χ3n) is 3.73. The van der Waals surface area contributed by atoms with Crippen LogP contribution in [0.15, 0.2) is 53.0 Å². The van der Waals surface area contributed by atoms with Crippen molar-refractivity contribution in [3.63, 3.8) is 0 Å². The highest BCUT2D eigenvalue weighted by molar-refractivity contribution is 9.10. The van der Waals surface area contributed by atoms with Crippen LogP contribution in [0.2, 0.25) is 5.02 Å². The lowest BCUT2D eigenvalue weighted by Gasteiger charge is -2.25. The fourth-order valence-corrected chi connectivity index (χ4v) is 2.69. The van der Waals surface area contributed by atoms with Crippen LogP contribution in [0.25, 0.3) is 0 Å². The molecule has 0 fully saturated rings. The SMILES string of the molecule is CC(c1ccccc1)N(C)C(=O)COC(=O)c1cc(Br)ccc1Cl. The Morgan fingerprint density at radius 3 is 2.54 bits per heavy atom. The molecule has 0 radical (unpaired) electrons. The molecule has 0 heterocycles. The van der Waals surface area contributed by atoms with Gasteiger partial charge in [-0.05, 0) is 30.7 Å². The first kappa shape index (κ1) is 18.5. The van der Waals surface area contributed by atoms with E-state index in [0.717, 1.165) is 5.56 Å². The van der Waals surface area contributed by atoms with E-state index in [4.69, 9.17) is 16.3 Å². The van der Waals surface area contributed by atoms with Crippen LogP contribution in [0.4, 0.5) is 0 Å². The van der Waals surface area contributed by atoms with Crippen molar-refractivity contribution < 1.29 is 14.3 Å². The number of nitrogens with zero attached hydrogens (tertiary/aromatic N) is 1. The van der Waals surface area contributed by atoms with Crippen molar-refractivity contribution in [2.75, 3.05) is 13.7 Å². The fourth-order valence-electron chi connectivity index (χ4n) is 2.13. The average Bonchev–Trinajstić information content (AvgIpc) is 2.60. The second kappa shape index (κ2) is 8.31. The highest BCUT2D eigenvalue weighted by Gasteiger charge is 2.20. The molecule has 0 aliphatic carbocycles. The van der Waals surface area contributed by atoms with E-state index in [2.05, 4.69) is 15.9 Å². The Labute approximate surface area is 154 Å². The number of amides is 1. The smallest absolute Gasteiger partial charge is 0.340 e. The number of esters is 1. The van der Waals surface area contributed by atoms with Gasteiger partial charge in [0.1, 0.15) is 0 Å². The lowest BCUT2D eigenvalue weighted by molar-refractivity contribution is -0.135. The minimum atomic E-state index is -0.629. The van der Waals surface area contributed by atoms with Crippen molar-refractivity contribution in [2.45, 2.75) is 13.0 Å². The van der Waals surface area contributed by atoms with Crippen molar-refractivity contribution in [1.82, 2.24) is 4.90 Å². The van der Waals surface area contributed by atoms with Crippen molar-refractivity contribution in [2.24, 2.45) is 0 Å². The number of carbonyl (C=O) groups excluding carboxylic acids is 2. The van der Waals surface area contributed by atoms with Gasteiger partial charge in [-0.2, -0.15) is 0 Å². The van der Waals surface area contributed by atoms with Crippen LogP contribution in [-0.2, 0) is 9.53 Å². The summed E-state index contributed by atoms with van der Waals surface area (Å²) in [5.74, 6) is -0.916. The summed E-state index contributed by atoms with van der Waals surface area (Å²) in [6, 6.07) is 14.4. The topological polar surface area (TPSA) is 46.6 Å². The quantitative estimate of drug-likeness (QED) is 0.683. The largest absolute Gasteiger partial charge is 0.452 e. The molecule has 2 aromatic rings. The number of likely N-dealkylation sites (N-methyl/N-ethyl adjacent to an activating group) is 1. The van der Waals surface area contributed by atoms with Gasteiger partial charge in [0.25, 0.3) is 5.91 Å². The Morgan fingerprint density at radius 1 is 1.21 bits per heavy atom. The summed E-state index contributed by atoms with van der Waals surface area (Å²) in [7, 11) is 1.68. The summed E-state index contributed by atoms with van der Waals surface area (Å²) >= 11 is 9.25. The first-order valence-corrected chi connectivity index (χ1v) is 8.50. The number of ether oxygens (including phenoxy) is 1. The minimum absolute atomic E-state index is 0.119. The Morgan fingerprint density at radius 2 is 1.88 bits per heavy atom. The van der Waals surface area contributed by atoms with E-state index in [0.29, 0.717) is 4.47 Å². The maximum absolute atomic E-state index is 12.3. The molecule has 0 aliphatic heterocycles. The third-order valence-corrected chi connectivity index (χ3v) is 4.55.